The van der Waals surface area contributed by atoms with Gasteiger partial charge in [0.15, 0.2) is 0 Å². The molecular formula is C24H21FN2O2. The third-order valence-corrected chi connectivity index (χ3v) is 4.81. The molecule has 0 atom stereocenters. The molecule has 0 amide bonds. The van der Waals surface area contributed by atoms with Gasteiger partial charge in [0, 0.05) is 17.5 Å². The monoisotopic (exact) mass is 388 g/mol. The van der Waals surface area contributed by atoms with Crippen LogP contribution < -0.4 is 9.47 Å². The average molecular weight is 388 g/mol. The minimum Gasteiger partial charge on any atom is -0.497 e. The van der Waals surface area contributed by atoms with E-state index in [-0.39, 0.29) is 5.82 Å². The molecule has 0 radical (unpaired) electrons. The summed E-state index contributed by atoms with van der Waals surface area (Å²) in [6.07, 6.45) is 0.381. The maximum atomic E-state index is 14.1. The molecule has 0 saturated carbocycles. The van der Waals surface area contributed by atoms with Gasteiger partial charge in [0.25, 0.3) is 0 Å². The number of rotatable bonds is 6. The van der Waals surface area contributed by atoms with Crippen molar-refractivity contribution in [3.05, 3.63) is 90.0 Å². The summed E-state index contributed by atoms with van der Waals surface area (Å²) in [6, 6.07) is 22.3. The molecule has 0 saturated heterocycles. The van der Waals surface area contributed by atoms with E-state index in [9.17, 15) is 4.39 Å². The molecule has 0 unspecified atom stereocenters. The van der Waals surface area contributed by atoms with E-state index in [1.807, 2.05) is 54.6 Å². The molecule has 4 nitrogen and oxygen atoms in total. The van der Waals surface area contributed by atoms with Crippen LogP contribution in [0.4, 0.5) is 4.39 Å². The Bertz CT molecular complexity index is 1040. The molecular weight excluding hydrogens is 367 g/mol. The molecule has 0 aliphatic heterocycles. The SMILES string of the molecule is COc1ccc(-c2nc(Cc3ccccc3F)[nH]c2-c2ccc(OC)cc2)cc1. The zero-order valence-corrected chi connectivity index (χ0v) is 16.3. The number of nitrogens with zero attached hydrogens (tertiary/aromatic N) is 1. The third kappa shape index (κ3) is 3.99. The Balaban J connectivity index is 1.78. The zero-order valence-electron chi connectivity index (χ0n) is 16.3. The summed E-state index contributed by atoms with van der Waals surface area (Å²) in [7, 11) is 3.28. The van der Waals surface area contributed by atoms with Gasteiger partial charge in [0.05, 0.1) is 25.6 Å². The Morgan fingerprint density at radius 1 is 0.793 bits per heavy atom. The Labute approximate surface area is 169 Å². The van der Waals surface area contributed by atoms with Crippen LogP contribution in [0.25, 0.3) is 22.5 Å². The maximum absolute atomic E-state index is 14.1. The highest BCUT2D eigenvalue weighted by atomic mass is 19.1. The van der Waals surface area contributed by atoms with Crippen LogP contribution in [0.1, 0.15) is 11.4 Å². The molecule has 1 N–H and O–H groups in total. The summed E-state index contributed by atoms with van der Waals surface area (Å²) >= 11 is 0. The molecule has 0 aliphatic rings. The van der Waals surface area contributed by atoms with Crippen molar-refractivity contribution in [1.82, 2.24) is 9.97 Å². The van der Waals surface area contributed by atoms with Crippen LogP contribution in [-0.4, -0.2) is 24.2 Å². The summed E-state index contributed by atoms with van der Waals surface area (Å²) in [5.41, 5.74) is 4.22. The predicted octanol–water partition coefficient (Wildman–Crippen LogP) is 5.49. The van der Waals surface area contributed by atoms with Crippen LogP contribution in [0.15, 0.2) is 72.8 Å². The van der Waals surface area contributed by atoms with E-state index in [2.05, 4.69) is 4.98 Å². The first-order valence-electron chi connectivity index (χ1n) is 9.29. The van der Waals surface area contributed by atoms with E-state index < -0.39 is 0 Å². The number of halogens is 1. The van der Waals surface area contributed by atoms with Gasteiger partial charge in [-0.2, -0.15) is 0 Å². The van der Waals surface area contributed by atoms with Gasteiger partial charge >= 0.3 is 0 Å². The number of methoxy groups -OCH3 is 2. The minimum absolute atomic E-state index is 0.235. The summed E-state index contributed by atoms with van der Waals surface area (Å²) in [6.45, 7) is 0. The molecule has 5 heteroatoms. The topological polar surface area (TPSA) is 47.1 Å². The van der Waals surface area contributed by atoms with Gasteiger partial charge in [0.2, 0.25) is 0 Å². The van der Waals surface area contributed by atoms with Crippen LogP contribution in [0.2, 0.25) is 0 Å². The Kier molecular flexibility index (Phi) is 5.29. The number of hydrogen-bond donors (Lipinski definition) is 1. The van der Waals surface area contributed by atoms with E-state index in [1.54, 1.807) is 26.4 Å². The molecule has 4 rings (SSSR count). The zero-order chi connectivity index (χ0) is 20.2. The highest BCUT2D eigenvalue weighted by Crippen LogP contribution is 2.32. The van der Waals surface area contributed by atoms with E-state index >= 15 is 0 Å². The standard InChI is InChI=1S/C24H21FN2O2/c1-28-19-11-7-16(8-12-19)23-24(17-9-13-20(29-2)14-10-17)27-22(26-23)15-18-5-3-4-6-21(18)25/h3-14H,15H2,1-2H3,(H,26,27). The summed E-state index contributed by atoms with van der Waals surface area (Å²) in [5, 5.41) is 0. The second-order valence-corrected chi connectivity index (χ2v) is 6.63. The van der Waals surface area contributed by atoms with E-state index in [0.717, 1.165) is 34.0 Å². The van der Waals surface area contributed by atoms with Gasteiger partial charge < -0.3 is 14.5 Å². The van der Waals surface area contributed by atoms with Crippen molar-refractivity contribution in [2.45, 2.75) is 6.42 Å². The summed E-state index contributed by atoms with van der Waals surface area (Å²) in [4.78, 5) is 8.19. The molecule has 0 fully saturated rings. The fourth-order valence-corrected chi connectivity index (χ4v) is 3.25. The summed E-state index contributed by atoms with van der Waals surface area (Å²) in [5.74, 6) is 2.03. The molecule has 3 aromatic carbocycles. The molecule has 1 heterocycles. The van der Waals surface area contributed by atoms with Crippen LogP contribution in [-0.2, 0) is 6.42 Å². The molecule has 4 aromatic rings. The number of imidazole rings is 1. The van der Waals surface area contributed by atoms with Crippen molar-refractivity contribution in [2.75, 3.05) is 14.2 Å². The van der Waals surface area contributed by atoms with Gasteiger partial charge in [-0.25, -0.2) is 9.37 Å². The predicted molar refractivity (Wildman–Crippen MR) is 112 cm³/mol. The molecule has 0 bridgehead atoms. The van der Waals surface area contributed by atoms with Crippen LogP contribution >= 0.6 is 0 Å². The molecule has 0 spiro atoms. The number of H-pyrrole nitrogens is 1. The Morgan fingerprint density at radius 3 is 1.97 bits per heavy atom. The van der Waals surface area contributed by atoms with E-state index in [0.29, 0.717) is 17.8 Å². The fraction of sp³-hybridized carbons (Fsp3) is 0.125. The molecule has 29 heavy (non-hydrogen) atoms. The number of aromatic amines is 1. The quantitative estimate of drug-likeness (QED) is 0.475. The van der Waals surface area contributed by atoms with Crippen molar-refractivity contribution in [3.8, 4) is 34.0 Å². The van der Waals surface area contributed by atoms with E-state index in [4.69, 9.17) is 14.5 Å². The van der Waals surface area contributed by atoms with Crippen molar-refractivity contribution >= 4 is 0 Å². The first-order chi connectivity index (χ1) is 14.2. The fourth-order valence-electron chi connectivity index (χ4n) is 3.25. The largest absolute Gasteiger partial charge is 0.497 e. The van der Waals surface area contributed by atoms with Gasteiger partial charge in [-0.3, -0.25) is 0 Å². The van der Waals surface area contributed by atoms with E-state index in [1.165, 1.54) is 6.07 Å². The first-order valence-corrected chi connectivity index (χ1v) is 9.29. The highest BCUT2D eigenvalue weighted by molar-refractivity contribution is 5.79. The van der Waals surface area contributed by atoms with Crippen molar-refractivity contribution in [1.29, 1.82) is 0 Å². The van der Waals surface area contributed by atoms with Gasteiger partial charge in [-0.1, -0.05) is 18.2 Å². The Morgan fingerprint density at radius 2 is 1.38 bits per heavy atom. The lowest BCUT2D eigenvalue weighted by molar-refractivity contribution is 0.414. The number of nitrogens with one attached hydrogen (secondary N) is 1. The highest BCUT2D eigenvalue weighted by Gasteiger charge is 2.16. The van der Waals surface area contributed by atoms with Crippen LogP contribution in [0.3, 0.4) is 0 Å². The number of hydrogen-bond acceptors (Lipinski definition) is 3. The maximum Gasteiger partial charge on any atom is 0.126 e. The smallest absolute Gasteiger partial charge is 0.126 e. The first kappa shape index (κ1) is 18.7. The average Bonchev–Trinajstić information content (AvgIpc) is 3.19. The third-order valence-electron chi connectivity index (χ3n) is 4.81. The second kappa shape index (κ2) is 8.19. The second-order valence-electron chi connectivity index (χ2n) is 6.63. The van der Waals surface area contributed by atoms with Gasteiger partial charge in [0.1, 0.15) is 23.1 Å². The molecule has 0 aliphatic carbocycles. The van der Waals surface area contributed by atoms with Crippen molar-refractivity contribution in [3.63, 3.8) is 0 Å². The number of benzene rings is 3. The van der Waals surface area contributed by atoms with Crippen LogP contribution in [0.5, 0.6) is 11.5 Å². The van der Waals surface area contributed by atoms with Gasteiger partial charge in [-0.15, -0.1) is 0 Å². The van der Waals surface area contributed by atoms with Gasteiger partial charge in [-0.05, 0) is 60.2 Å². The molecule has 146 valence electrons. The Hall–Kier alpha value is -3.60. The normalized spacial score (nSPS) is 10.7. The minimum atomic E-state index is -0.235. The van der Waals surface area contributed by atoms with Crippen molar-refractivity contribution in [2.24, 2.45) is 0 Å². The lowest BCUT2D eigenvalue weighted by Crippen LogP contribution is -1.94. The number of ether oxygens (including phenoxy) is 2. The number of aromatic nitrogens is 2. The lowest BCUT2D eigenvalue weighted by Gasteiger charge is -2.06. The van der Waals surface area contributed by atoms with Crippen molar-refractivity contribution < 1.29 is 13.9 Å². The lowest BCUT2D eigenvalue weighted by atomic mass is 10.0. The molecule has 1 aromatic heterocycles. The summed E-state index contributed by atoms with van der Waals surface area (Å²) < 4.78 is 24.6. The van der Waals surface area contributed by atoms with Crippen LogP contribution in [0, 0.1) is 5.82 Å².